The largest absolute Gasteiger partial charge is 0.336 e. The predicted molar refractivity (Wildman–Crippen MR) is 88.9 cm³/mol. The average molecular weight is 324 g/mol. The predicted octanol–water partition coefficient (Wildman–Crippen LogP) is 2.02. The second kappa shape index (κ2) is 5.74. The van der Waals surface area contributed by atoms with Crippen LogP contribution in [0.25, 0.3) is 5.65 Å². The zero-order valence-electron chi connectivity index (χ0n) is 13.9. The van der Waals surface area contributed by atoms with Crippen molar-refractivity contribution in [1.29, 1.82) is 0 Å². The van der Waals surface area contributed by atoms with Crippen LogP contribution in [0.5, 0.6) is 0 Å². The molecule has 0 bridgehead atoms. The highest BCUT2D eigenvalue weighted by molar-refractivity contribution is 6.01. The molecule has 1 amide bonds. The van der Waals surface area contributed by atoms with Crippen LogP contribution in [0, 0.1) is 13.8 Å². The van der Waals surface area contributed by atoms with Gasteiger partial charge in [0.1, 0.15) is 11.4 Å². The monoisotopic (exact) mass is 324 g/mol. The first kappa shape index (κ1) is 14.9. The Kier molecular flexibility index (Phi) is 3.55. The van der Waals surface area contributed by atoms with Gasteiger partial charge in [0.05, 0.1) is 11.7 Å². The Morgan fingerprint density at radius 1 is 1.21 bits per heavy atom. The summed E-state index contributed by atoms with van der Waals surface area (Å²) in [5, 5.41) is 4.40. The number of aryl methyl sites for hydroxylation is 2. The quantitative estimate of drug-likeness (QED) is 0.723. The van der Waals surface area contributed by atoms with Gasteiger partial charge in [-0.1, -0.05) is 0 Å². The summed E-state index contributed by atoms with van der Waals surface area (Å²) in [7, 11) is 0. The zero-order chi connectivity index (χ0) is 16.7. The molecule has 3 aromatic heterocycles. The number of hydrogen-bond donors (Lipinski definition) is 0. The summed E-state index contributed by atoms with van der Waals surface area (Å²) in [6.45, 7) is 5.33. The molecule has 1 aliphatic rings. The summed E-state index contributed by atoms with van der Waals surface area (Å²) >= 11 is 0. The fraction of sp³-hybridized carbons (Fsp3) is 0.412. The lowest BCUT2D eigenvalue weighted by molar-refractivity contribution is 0.0679. The molecule has 0 aromatic carbocycles. The highest BCUT2D eigenvalue weighted by atomic mass is 16.2. The second-order valence-corrected chi connectivity index (χ2v) is 6.28. The lowest BCUT2D eigenvalue weighted by Crippen LogP contribution is -2.41. The number of imidazole rings is 1. The van der Waals surface area contributed by atoms with Crippen molar-refractivity contribution >= 4 is 11.6 Å². The van der Waals surface area contributed by atoms with Gasteiger partial charge in [0.15, 0.2) is 5.65 Å². The lowest BCUT2D eigenvalue weighted by atomic mass is 10.0. The van der Waals surface area contributed by atoms with E-state index in [0.717, 1.165) is 30.9 Å². The fourth-order valence-electron chi connectivity index (χ4n) is 3.54. The van der Waals surface area contributed by atoms with Gasteiger partial charge in [-0.3, -0.25) is 4.79 Å². The van der Waals surface area contributed by atoms with Gasteiger partial charge in [0, 0.05) is 37.9 Å². The summed E-state index contributed by atoms with van der Waals surface area (Å²) in [5.41, 5.74) is 1.96. The Labute approximate surface area is 139 Å². The first-order valence-electron chi connectivity index (χ1n) is 8.24. The van der Waals surface area contributed by atoms with Crippen molar-refractivity contribution in [2.24, 2.45) is 0 Å². The summed E-state index contributed by atoms with van der Waals surface area (Å²) in [6.07, 6.45) is 9.37. The van der Waals surface area contributed by atoms with E-state index in [0.29, 0.717) is 17.8 Å². The first-order valence-corrected chi connectivity index (χ1v) is 8.24. The fourth-order valence-corrected chi connectivity index (χ4v) is 3.54. The number of amides is 1. The van der Waals surface area contributed by atoms with Gasteiger partial charge in [0.2, 0.25) is 0 Å². The van der Waals surface area contributed by atoms with E-state index >= 15 is 0 Å². The van der Waals surface area contributed by atoms with E-state index < -0.39 is 0 Å². The molecule has 124 valence electrons. The second-order valence-electron chi connectivity index (χ2n) is 6.28. The van der Waals surface area contributed by atoms with Crippen LogP contribution in [-0.4, -0.2) is 48.0 Å². The topological polar surface area (TPSA) is 68.3 Å². The molecule has 1 aliphatic heterocycles. The lowest BCUT2D eigenvalue weighted by Gasteiger charge is -2.33. The molecule has 4 rings (SSSR count). The van der Waals surface area contributed by atoms with Crippen LogP contribution < -0.4 is 0 Å². The minimum atomic E-state index is 0.0173. The average Bonchev–Trinajstić information content (AvgIpc) is 3.16. The summed E-state index contributed by atoms with van der Waals surface area (Å²) in [4.78, 5) is 23.7. The van der Waals surface area contributed by atoms with Crippen molar-refractivity contribution < 1.29 is 4.79 Å². The van der Waals surface area contributed by atoms with Crippen LogP contribution in [0.15, 0.2) is 30.9 Å². The van der Waals surface area contributed by atoms with Crippen LogP contribution >= 0.6 is 0 Å². The molecule has 0 unspecified atom stereocenters. The van der Waals surface area contributed by atoms with Crippen LogP contribution in [0.4, 0.5) is 0 Å². The third-order valence-electron chi connectivity index (χ3n) is 4.72. The highest BCUT2D eigenvalue weighted by Crippen LogP contribution is 2.25. The molecule has 7 heteroatoms. The summed E-state index contributed by atoms with van der Waals surface area (Å²) < 4.78 is 3.84. The van der Waals surface area contributed by atoms with Crippen molar-refractivity contribution in [3.8, 4) is 0 Å². The van der Waals surface area contributed by atoms with Gasteiger partial charge in [0.25, 0.3) is 5.91 Å². The maximum Gasteiger partial charge on any atom is 0.259 e. The van der Waals surface area contributed by atoms with Crippen molar-refractivity contribution in [2.45, 2.75) is 32.7 Å². The molecule has 7 nitrogen and oxygen atoms in total. The molecule has 0 aliphatic carbocycles. The number of fused-ring (bicyclic) bond motifs is 1. The Morgan fingerprint density at radius 3 is 2.88 bits per heavy atom. The smallest absolute Gasteiger partial charge is 0.259 e. The highest BCUT2D eigenvalue weighted by Gasteiger charge is 2.29. The van der Waals surface area contributed by atoms with Crippen molar-refractivity contribution in [2.75, 3.05) is 13.1 Å². The van der Waals surface area contributed by atoms with E-state index in [1.54, 1.807) is 10.7 Å². The molecule has 0 N–H and O–H groups in total. The number of likely N-dealkylation sites (tertiary alicyclic amines) is 1. The third-order valence-corrected chi connectivity index (χ3v) is 4.72. The van der Waals surface area contributed by atoms with E-state index in [-0.39, 0.29) is 11.9 Å². The van der Waals surface area contributed by atoms with E-state index in [9.17, 15) is 4.79 Å². The Bertz CT molecular complexity index is 896. The molecule has 1 saturated heterocycles. The van der Waals surface area contributed by atoms with E-state index in [1.165, 1.54) is 0 Å². The summed E-state index contributed by atoms with van der Waals surface area (Å²) in [5.74, 6) is 1.01. The number of carbonyl (C=O) groups is 1. The number of aromatic nitrogens is 5. The molecule has 1 atom stereocenters. The number of carbonyl (C=O) groups excluding carboxylic acids is 1. The molecular weight excluding hydrogens is 304 g/mol. The van der Waals surface area contributed by atoms with Gasteiger partial charge >= 0.3 is 0 Å². The normalized spacial score (nSPS) is 18.2. The Morgan fingerprint density at radius 2 is 2.08 bits per heavy atom. The minimum absolute atomic E-state index is 0.0173. The van der Waals surface area contributed by atoms with Crippen molar-refractivity contribution in [1.82, 2.24) is 29.0 Å². The summed E-state index contributed by atoms with van der Waals surface area (Å²) in [6, 6.07) is 2.09. The SMILES string of the molecule is Cc1nn2cccnc2c1C(=O)N1CCC[C@@H](n2ccnc2C)C1. The van der Waals surface area contributed by atoms with E-state index in [2.05, 4.69) is 19.6 Å². The molecule has 0 saturated carbocycles. The van der Waals surface area contributed by atoms with E-state index in [4.69, 9.17) is 0 Å². The van der Waals surface area contributed by atoms with Crippen molar-refractivity contribution in [3.05, 3.63) is 47.9 Å². The molecule has 3 aromatic rings. The molecule has 4 heterocycles. The Hall–Kier alpha value is -2.70. The van der Waals surface area contributed by atoms with Crippen LogP contribution in [0.1, 0.15) is 40.8 Å². The first-order chi connectivity index (χ1) is 11.6. The third kappa shape index (κ3) is 2.36. The molecular formula is C17H20N6O. The standard InChI is InChI=1S/C17H20N6O/c1-12-15(16-19-6-4-9-23(16)20-12)17(24)21-8-3-5-14(11-21)22-10-7-18-13(22)2/h4,6-7,9-10,14H,3,5,8,11H2,1-2H3/t14-/m1/s1. The number of rotatable bonds is 2. The van der Waals surface area contributed by atoms with Gasteiger partial charge in [-0.25, -0.2) is 14.5 Å². The maximum absolute atomic E-state index is 13.1. The van der Waals surface area contributed by atoms with Crippen LogP contribution in [-0.2, 0) is 0 Å². The van der Waals surface area contributed by atoms with Gasteiger partial charge in [-0.05, 0) is 32.8 Å². The molecule has 0 spiro atoms. The van der Waals surface area contributed by atoms with Gasteiger partial charge < -0.3 is 9.47 Å². The van der Waals surface area contributed by atoms with Crippen LogP contribution in [0.2, 0.25) is 0 Å². The van der Waals surface area contributed by atoms with Gasteiger partial charge in [-0.15, -0.1) is 0 Å². The van der Waals surface area contributed by atoms with Gasteiger partial charge in [-0.2, -0.15) is 5.10 Å². The minimum Gasteiger partial charge on any atom is -0.336 e. The number of hydrogen-bond acceptors (Lipinski definition) is 4. The van der Waals surface area contributed by atoms with Crippen LogP contribution in [0.3, 0.4) is 0 Å². The van der Waals surface area contributed by atoms with Crippen molar-refractivity contribution in [3.63, 3.8) is 0 Å². The molecule has 0 radical (unpaired) electrons. The Balaban J connectivity index is 1.64. The maximum atomic E-state index is 13.1. The van der Waals surface area contributed by atoms with E-state index in [1.807, 2.05) is 43.4 Å². The number of piperidine rings is 1. The number of nitrogens with zero attached hydrogens (tertiary/aromatic N) is 6. The molecule has 24 heavy (non-hydrogen) atoms. The zero-order valence-corrected chi connectivity index (χ0v) is 13.9. The molecule has 1 fully saturated rings.